The van der Waals surface area contributed by atoms with Crippen molar-refractivity contribution < 1.29 is 14.5 Å². The van der Waals surface area contributed by atoms with Crippen molar-refractivity contribution in [2.24, 2.45) is 5.41 Å². The second-order valence-electron chi connectivity index (χ2n) is 7.09. The van der Waals surface area contributed by atoms with Gasteiger partial charge in [-0.1, -0.05) is 41.9 Å². The first-order chi connectivity index (χ1) is 11.7. The number of hydrogen-bond donors (Lipinski definition) is 1. The van der Waals surface area contributed by atoms with Gasteiger partial charge >= 0.3 is 5.70 Å². The molecular weight excluding hydrogens is 388 g/mol. The number of nitrogens with one attached hydrogen (secondary N) is 1. The summed E-state index contributed by atoms with van der Waals surface area (Å²) in [7, 11) is 1.58. The van der Waals surface area contributed by atoms with Gasteiger partial charge in [0.2, 0.25) is 0 Å². The van der Waals surface area contributed by atoms with Gasteiger partial charge in [-0.05, 0) is 23.1 Å². The van der Waals surface area contributed by atoms with Crippen molar-refractivity contribution in [2.45, 2.75) is 32.6 Å². The van der Waals surface area contributed by atoms with Gasteiger partial charge in [-0.25, -0.2) is 0 Å². The number of carbonyl (C=O) groups is 1. The predicted molar refractivity (Wildman–Crippen MR) is 96.1 cm³/mol. The summed E-state index contributed by atoms with van der Waals surface area (Å²) in [6.45, 7) is 4.00. The van der Waals surface area contributed by atoms with Crippen molar-refractivity contribution in [3.63, 3.8) is 0 Å². The number of benzene rings is 1. The second kappa shape index (κ2) is 6.29. The van der Waals surface area contributed by atoms with E-state index in [4.69, 9.17) is 4.74 Å². The van der Waals surface area contributed by atoms with E-state index in [1.165, 1.54) is 0 Å². The number of halogens is 1. The molecule has 0 bridgehead atoms. The highest BCUT2D eigenvalue weighted by atomic mass is 79.9. The van der Waals surface area contributed by atoms with Gasteiger partial charge in [0, 0.05) is 24.4 Å². The van der Waals surface area contributed by atoms with Crippen LogP contribution in [0.15, 0.2) is 51.7 Å². The molecule has 1 atom stereocenters. The van der Waals surface area contributed by atoms with Crippen LogP contribution in [0, 0.1) is 15.5 Å². The highest BCUT2D eigenvalue weighted by molar-refractivity contribution is 9.10. The van der Waals surface area contributed by atoms with Gasteiger partial charge in [0.25, 0.3) is 5.88 Å². The zero-order valence-corrected chi connectivity index (χ0v) is 15.8. The Morgan fingerprint density at radius 1 is 1.28 bits per heavy atom. The number of ketones is 1. The van der Waals surface area contributed by atoms with Crippen LogP contribution in [0.2, 0.25) is 0 Å². The fraction of sp³-hybridized carbons (Fsp3) is 0.389. The van der Waals surface area contributed by atoms with Gasteiger partial charge < -0.3 is 10.1 Å². The standard InChI is InChI=1S/C18H19BrN2O4/c1-18(2)8-12(22)15-13(9-18)25-17(20-3)16(21(23)24)14(15)10-4-6-11(19)7-5-10/h4-7,14,20H,8-9H2,1-3H3/t14-/m1/s1. The molecule has 1 heterocycles. The first kappa shape index (κ1) is 17.7. The number of ether oxygens (including phenoxy) is 1. The van der Waals surface area contributed by atoms with E-state index >= 15 is 0 Å². The number of rotatable bonds is 3. The van der Waals surface area contributed by atoms with Gasteiger partial charge in [-0.15, -0.1) is 0 Å². The van der Waals surface area contributed by atoms with E-state index in [9.17, 15) is 14.9 Å². The molecule has 0 spiro atoms. The highest BCUT2D eigenvalue weighted by Gasteiger charge is 2.47. The van der Waals surface area contributed by atoms with Crippen molar-refractivity contribution in [2.75, 3.05) is 7.05 Å². The number of hydrogen-bond acceptors (Lipinski definition) is 5. The van der Waals surface area contributed by atoms with Gasteiger partial charge in [0.15, 0.2) is 5.78 Å². The fourth-order valence-electron chi connectivity index (χ4n) is 3.48. The molecule has 25 heavy (non-hydrogen) atoms. The van der Waals surface area contributed by atoms with Crippen molar-refractivity contribution in [1.29, 1.82) is 0 Å². The summed E-state index contributed by atoms with van der Waals surface area (Å²) in [5, 5.41) is 14.6. The molecule has 0 saturated carbocycles. The van der Waals surface area contributed by atoms with Gasteiger partial charge in [-0.2, -0.15) is 0 Å². The van der Waals surface area contributed by atoms with Crippen LogP contribution in [0.5, 0.6) is 0 Å². The lowest BCUT2D eigenvalue weighted by molar-refractivity contribution is -0.433. The van der Waals surface area contributed by atoms with Crippen molar-refractivity contribution in [1.82, 2.24) is 5.32 Å². The Morgan fingerprint density at radius 3 is 2.48 bits per heavy atom. The maximum absolute atomic E-state index is 12.8. The van der Waals surface area contributed by atoms with Crippen LogP contribution in [-0.4, -0.2) is 17.8 Å². The Morgan fingerprint density at radius 2 is 1.92 bits per heavy atom. The topological polar surface area (TPSA) is 81.5 Å². The number of carbonyl (C=O) groups excluding carboxylic acids is 1. The maximum Gasteiger partial charge on any atom is 0.317 e. The summed E-state index contributed by atoms with van der Waals surface area (Å²) >= 11 is 3.37. The molecule has 0 fully saturated rings. The molecule has 0 saturated heterocycles. The van der Waals surface area contributed by atoms with E-state index in [0.29, 0.717) is 29.7 Å². The van der Waals surface area contributed by atoms with Crippen LogP contribution in [0.1, 0.15) is 38.2 Å². The number of Topliss-reactive ketones (excluding diaryl/α,β-unsaturated/α-hetero) is 1. The first-order valence-corrected chi connectivity index (χ1v) is 8.78. The predicted octanol–water partition coefficient (Wildman–Crippen LogP) is 3.87. The Balaban J connectivity index is 2.22. The summed E-state index contributed by atoms with van der Waals surface area (Å²) in [5.41, 5.74) is 0.751. The monoisotopic (exact) mass is 406 g/mol. The van der Waals surface area contributed by atoms with Gasteiger partial charge in [0.1, 0.15) is 11.7 Å². The third-order valence-corrected chi connectivity index (χ3v) is 5.05. The Bertz CT molecular complexity index is 809. The third kappa shape index (κ3) is 3.20. The minimum absolute atomic E-state index is 0.0892. The molecule has 2 aliphatic rings. The number of nitrogens with zero attached hydrogens (tertiary/aromatic N) is 1. The molecule has 7 heteroatoms. The second-order valence-corrected chi connectivity index (χ2v) is 8.00. The Hall–Kier alpha value is -2.15. The molecule has 3 rings (SSSR count). The molecule has 1 aromatic rings. The minimum Gasteiger partial charge on any atom is -0.440 e. The molecule has 1 aliphatic heterocycles. The normalized spacial score (nSPS) is 22.4. The maximum atomic E-state index is 12.8. The first-order valence-electron chi connectivity index (χ1n) is 7.99. The lowest BCUT2D eigenvalue weighted by Gasteiger charge is -2.36. The Labute approximate surface area is 154 Å². The molecule has 1 N–H and O–H groups in total. The molecular formula is C18H19BrN2O4. The van der Waals surface area contributed by atoms with Crippen LogP contribution < -0.4 is 5.32 Å². The average Bonchev–Trinajstić information content (AvgIpc) is 2.52. The molecule has 132 valence electrons. The molecule has 0 unspecified atom stereocenters. The van der Waals surface area contributed by atoms with E-state index in [-0.39, 0.29) is 22.8 Å². The SMILES string of the molecule is CNC1=C([N+](=O)[O-])[C@H](c2ccc(Br)cc2)C2=C(CC(C)(C)CC2=O)O1. The molecule has 6 nitrogen and oxygen atoms in total. The number of nitro groups is 1. The van der Waals surface area contributed by atoms with E-state index in [1.807, 2.05) is 26.0 Å². The van der Waals surface area contributed by atoms with Crippen LogP contribution in [-0.2, 0) is 9.53 Å². The molecule has 0 amide bonds. The van der Waals surface area contributed by atoms with Crippen molar-refractivity contribution in [3.05, 3.63) is 67.3 Å². The van der Waals surface area contributed by atoms with Crippen LogP contribution in [0.3, 0.4) is 0 Å². The van der Waals surface area contributed by atoms with E-state index in [1.54, 1.807) is 19.2 Å². The van der Waals surface area contributed by atoms with E-state index in [0.717, 1.165) is 4.47 Å². The van der Waals surface area contributed by atoms with Crippen LogP contribution >= 0.6 is 15.9 Å². The van der Waals surface area contributed by atoms with Gasteiger partial charge in [-0.3, -0.25) is 14.9 Å². The van der Waals surface area contributed by atoms with Crippen LogP contribution in [0.4, 0.5) is 0 Å². The molecule has 0 radical (unpaired) electrons. The average molecular weight is 407 g/mol. The quantitative estimate of drug-likeness (QED) is 0.608. The van der Waals surface area contributed by atoms with Gasteiger partial charge in [0.05, 0.1) is 10.5 Å². The Kier molecular flexibility index (Phi) is 4.45. The van der Waals surface area contributed by atoms with E-state index < -0.39 is 10.8 Å². The van der Waals surface area contributed by atoms with Crippen LogP contribution in [0.25, 0.3) is 0 Å². The minimum atomic E-state index is -0.738. The largest absolute Gasteiger partial charge is 0.440 e. The van der Waals surface area contributed by atoms with Crippen molar-refractivity contribution in [3.8, 4) is 0 Å². The third-order valence-electron chi connectivity index (χ3n) is 4.53. The summed E-state index contributed by atoms with van der Waals surface area (Å²) in [6.07, 6.45) is 0.916. The molecule has 1 aliphatic carbocycles. The molecule has 1 aromatic carbocycles. The lowest BCUT2D eigenvalue weighted by atomic mass is 9.71. The highest BCUT2D eigenvalue weighted by Crippen LogP contribution is 2.48. The zero-order valence-electron chi connectivity index (χ0n) is 14.3. The summed E-state index contributed by atoms with van der Waals surface area (Å²) in [4.78, 5) is 24.1. The smallest absolute Gasteiger partial charge is 0.317 e. The number of allylic oxidation sites excluding steroid dienone is 2. The zero-order chi connectivity index (χ0) is 18.4. The fourth-order valence-corrected chi connectivity index (χ4v) is 3.75. The van der Waals surface area contributed by atoms with E-state index in [2.05, 4.69) is 21.2 Å². The summed E-state index contributed by atoms with van der Waals surface area (Å²) in [6, 6.07) is 7.24. The summed E-state index contributed by atoms with van der Waals surface area (Å²) < 4.78 is 6.64. The molecule has 0 aromatic heterocycles. The lowest BCUT2D eigenvalue weighted by Crippen LogP contribution is -2.35. The van der Waals surface area contributed by atoms with Crippen molar-refractivity contribution >= 4 is 21.7 Å². The summed E-state index contributed by atoms with van der Waals surface area (Å²) in [5.74, 6) is -0.196.